The van der Waals surface area contributed by atoms with Crippen LogP contribution in [0.2, 0.25) is 0 Å². The Morgan fingerprint density at radius 2 is 1.78 bits per heavy atom. The van der Waals surface area contributed by atoms with Gasteiger partial charge in [-0.15, -0.1) is 0 Å². The number of hydrogen-bond donors (Lipinski definition) is 1. The molecule has 3 aliphatic rings. The van der Waals surface area contributed by atoms with E-state index in [4.69, 9.17) is 4.74 Å². The number of pyridine rings is 1. The number of cyclic esters (lactones) is 1. The number of rotatable bonds is 5. The van der Waals surface area contributed by atoms with Crippen LogP contribution in [0.3, 0.4) is 0 Å². The first-order chi connectivity index (χ1) is 17.8. The number of aromatic carboxylic acids is 1. The van der Waals surface area contributed by atoms with Gasteiger partial charge in [0.1, 0.15) is 18.0 Å². The minimum atomic E-state index is -1.31. The van der Waals surface area contributed by atoms with E-state index in [0.717, 1.165) is 29.7 Å². The molecule has 1 saturated carbocycles. The van der Waals surface area contributed by atoms with Crippen LogP contribution in [0.4, 0.5) is 10.1 Å². The van der Waals surface area contributed by atoms with Crippen LogP contribution in [0, 0.1) is 12.7 Å². The maximum absolute atomic E-state index is 15.3. The van der Waals surface area contributed by atoms with Crippen molar-refractivity contribution < 1.29 is 23.8 Å². The summed E-state index contributed by atoms with van der Waals surface area (Å²) >= 11 is 0. The van der Waals surface area contributed by atoms with E-state index in [-0.39, 0.29) is 29.6 Å². The third kappa shape index (κ3) is 4.04. The number of aromatic nitrogens is 1. The minimum Gasteiger partial charge on any atom is -0.477 e. The van der Waals surface area contributed by atoms with Gasteiger partial charge in [0, 0.05) is 43.8 Å². The molecule has 0 radical (unpaired) electrons. The molecule has 190 valence electrons. The molecule has 1 aromatic heterocycles. The second-order valence-electron chi connectivity index (χ2n) is 9.88. The van der Waals surface area contributed by atoms with Gasteiger partial charge in [0.15, 0.2) is 0 Å². The van der Waals surface area contributed by atoms with Crippen LogP contribution < -0.4 is 10.3 Å². The third-order valence-electron chi connectivity index (χ3n) is 7.41. The molecule has 2 fully saturated rings. The lowest BCUT2D eigenvalue weighted by atomic mass is 10.0. The van der Waals surface area contributed by atoms with Crippen LogP contribution >= 0.6 is 0 Å². The molecule has 0 amide bonds. The predicted molar refractivity (Wildman–Crippen MR) is 136 cm³/mol. The summed E-state index contributed by atoms with van der Waals surface area (Å²) in [4.78, 5) is 41.0. The topological polar surface area (TPSA) is 92.1 Å². The van der Waals surface area contributed by atoms with Crippen LogP contribution in [-0.2, 0) is 9.53 Å². The van der Waals surface area contributed by atoms with Gasteiger partial charge in [0.2, 0.25) is 5.43 Å². The van der Waals surface area contributed by atoms with Gasteiger partial charge < -0.3 is 24.2 Å². The molecule has 0 bridgehead atoms. The maximum Gasteiger partial charge on any atom is 0.341 e. The van der Waals surface area contributed by atoms with Crippen molar-refractivity contribution in [2.45, 2.75) is 25.8 Å². The fourth-order valence-corrected chi connectivity index (χ4v) is 5.36. The van der Waals surface area contributed by atoms with Crippen LogP contribution in [0.5, 0.6) is 0 Å². The van der Waals surface area contributed by atoms with Crippen LogP contribution in [-0.4, -0.2) is 59.3 Å². The summed E-state index contributed by atoms with van der Waals surface area (Å²) in [6, 6.07) is 10.7. The molecule has 6 rings (SSSR count). The number of halogens is 1. The Kier molecular flexibility index (Phi) is 5.51. The molecule has 1 saturated heterocycles. The lowest BCUT2D eigenvalue weighted by Crippen LogP contribution is -2.46. The molecular formula is C28H26FN3O5. The zero-order chi connectivity index (χ0) is 25.8. The summed E-state index contributed by atoms with van der Waals surface area (Å²) in [7, 11) is 0. The third-order valence-corrected chi connectivity index (χ3v) is 7.41. The summed E-state index contributed by atoms with van der Waals surface area (Å²) in [5, 5.41) is 9.55. The zero-order valence-electron chi connectivity index (χ0n) is 20.4. The second-order valence-corrected chi connectivity index (χ2v) is 9.88. The summed E-state index contributed by atoms with van der Waals surface area (Å²) < 4.78 is 22.5. The monoisotopic (exact) mass is 503 g/mol. The number of anilines is 1. The smallest absolute Gasteiger partial charge is 0.341 e. The number of ether oxygens (including phenoxy) is 1. The van der Waals surface area contributed by atoms with Crippen molar-refractivity contribution in [2.24, 2.45) is 0 Å². The Morgan fingerprint density at radius 1 is 1.05 bits per heavy atom. The standard InChI is InChI=1S/C28H26FN3O5/c1-16-3-2-4-17(11-16)25-24(15-37-28(25)36)31-9-7-30(8-10-31)23-13-22-19(12-21(23)29)26(33)20(27(34)35)14-32(22)18-5-6-18/h2-4,11-14,18H,5-10,15H2,1H3,(H,34,35). The Labute approximate surface area is 212 Å². The number of esters is 1. The van der Waals surface area contributed by atoms with E-state index >= 15 is 4.39 Å². The Bertz CT molecular complexity index is 1550. The first-order valence-corrected chi connectivity index (χ1v) is 12.4. The fraction of sp³-hybridized carbons (Fsp3) is 0.321. The van der Waals surface area contributed by atoms with Gasteiger partial charge in [-0.1, -0.05) is 29.8 Å². The average Bonchev–Trinajstić information content (AvgIpc) is 3.65. The van der Waals surface area contributed by atoms with Crippen molar-refractivity contribution >= 4 is 34.1 Å². The largest absolute Gasteiger partial charge is 0.477 e. The van der Waals surface area contributed by atoms with Crippen molar-refractivity contribution in [2.75, 3.05) is 37.7 Å². The molecule has 0 unspecified atom stereocenters. The molecule has 1 N–H and O–H groups in total. The van der Waals surface area contributed by atoms with Crippen molar-refractivity contribution in [1.29, 1.82) is 0 Å². The summed E-state index contributed by atoms with van der Waals surface area (Å²) in [6.07, 6.45) is 3.17. The second kappa shape index (κ2) is 8.76. The van der Waals surface area contributed by atoms with Gasteiger partial charge in [-0.3, -0.25) is 4.79 Å². The first kappa shape index (κ1) is 23.3. The number of hydrogen-bond acceptors (Lipinski definition) is 6. The predicted octanol–water partition coefficient (Wildman–Crippen LogP) is 3.57. The molecule has 8 nitrogen and oxygen atoms in total. The Balaban J connectivity index is 1.31. The van der Waals surface area contributed by atoms with E-state index in [1.165, 1.54) is 12.3 Å². The molecule has 1 aliphatic carbocycles. The van der Waals surface area contributed by atoms with E-state index in [1.54, 1.807) is 10.6 Å². The number of aryl methyl sites for hydroxylation is 1. The molecule has 2 aromatic carbocycles. The van der Waals surface area contributed by atoms with Crippen molar-refractivity contribution in [3.05, 3.63) is 81.0 Å². The number of fused-ring (bicyclic) bond motifs is 1. The van der Waals surface area contributed by atoms with E-state index in [1.807, 2.05) is 36.1 Å². The number of nitrogens with zero attached hydrogens (tertiary/aromatic N) is 3. The molecular weight excluding hydrogens is 477 g/mol. The number of carboxylic acid groups (broad SMARTS) is 1. The number of carboxylic acids is 1. The van der Waals surface area contributed by atoms with Gasteiger partial charge in [-0.2, -0.15) is 0 Å². The molecule has 3 heterocycles. The van der Waals surface area contributed by atoms with Crippen LogP contribution in [0.1, 0.15) is 40.4 Å². The SMILES string of the molecule is Cc1cccc(C2=C(N3CCN(c4cc5c(cc4F)c(=O)c(C(=O)O)cn5C4CC4)CC3)COC2=O)c1. The van der Waals surface area contributed by atoms with E-state index in [0.29, 0.717) is 43.0 Å². The maximum atomic E-state index is 15.3. The van der Waals surface area contributed by atoms with Crippen LogP contribution in [0.25, 0.3) is 16.5 Å². The van der Waals surface area contributed by atoms with Crippen molar-refractivity contribution in [3.63, 3.8) is 0 Å². The summed E-state index contributed by atoms with van der Waals surface area (Å²) in [6.45, 7) is 4.38. The Hall–Kier alpha value is -4.14. The highest BCUT2D eigenvalue weighted by atomic mass is 19.1. The van der Waals surface area contributed by atoms with Gasteiger partial charge in [0.25, 0.3) is 0 Å². The number of benzene rings is 2. The lowest BCUT2D eigenvalue weighted by molar-refractivity contribution is -0.134. The summed E-state index contributed by atoms with van der Waals surface area (Å²) in [5.41, 5.74) is 3.24. The lowest BCUT2D eigenvalue weighted by Gasteiger charge is -2.38. The molecule has 2 aliphatic heterocycles. The molecule has 0 spiro atoms. The summed E-state index contributed by atoms with van der Waals surface area (Å²) in [5.74, 6) is -2.19. The minimum absolute atomic E-state index is 0.0845. The number of carbonyl (C=O) groups excluding carboxylic acids is 1. The first-order valence-electron chi connectivity index (χ1n) is 12.4. The fourth-order valence-electron chi connectivity index (χ4n) is 5.36. The van der Waals surface area contributed by atoms with Gasteiger partial charge in [-0.25, -0.2) is 14.0 Å². The zero-order valence-corrected chi connectivity index (χ0v) is 20.4. The van der Waals surface area contributed by atoms with Crippen LogP contribution in [0.15, 0.2) is 53.1 Å². The van der Waals surface area contributed by atoms with Gasteiger partial charge in [0.05, 0.1) is 22.5 Å². The molecule has 3 aromatic rings. The average molecular weight is 504 g/mol. The molecule has 9 heteroatoms. The van der Waals surface area contributed by atoms with Crippen molar-refractivity contribution in [1.82, 2.24) is 9.47 Å². The highest BCUT2D eigenvalue weighted by molar-refractivity contribution is 6.19. The van der Waals surface area contributed by atoms with E-state index in [9.17, 15) is 19.5 Å². The van der Waals surface area contributed by atoms with E-state index in [2.05, 4.69) is 4.90 Å². The van der Waals surface area contributed by atoms with E-state index < -0.39 is 17.2 Å². The Morgan fingerprint density at radius 3 is 2.46 bits per heavy atom. The van der Waals surface area contributed by atoms with Gasteiger partial charge >= 0.3 is 11.9 Å². The molecule has 0 atom stereocenters. The normalized spacial score (nSPS) is 18.1. The highest BCUT2D eigenvalue weighted by Gasteiger charge is 2.33. The highest BCUT2D eigenvalue weighted by Crippen LogP contribution is 2.38. The number of carbonyl (C=O) groups is 2. The van der Waals surface area contributed by atoms with Crippen molar-refractivity contribution in [3.8, 4) is 0 Å². The number of piperazine rings is 1. The molecule has 37 heavy (non-hydrogen) atoms. The van der Waals surface area contributed by atoms with Gasteiger partial charge in [-0.05, 0) is 37.5 Å². The quantitative estimate of drug-likeness (QED) is 0.532.